The van der Waals surface area contributed by atoms with E-state index in [1.165, 1.54) is 93.0 Å². The van der Waals surface area contributed by atoms with Gasteiger partial charge in [-0.1, -0.05) is 133 Å². The Hall–Kier alpha value is -6.90. The molecule has 2 heterocycles. The summed E-state index contributed by atoms with van der Waals surface area (Å²) in [6.45, 7) is 0. The van der Waals surface area contributed by atoms with Gasteiger partial charge in [-0.2, -0.15) is 0 Å². The van der Waals surface area contributed by atoms with Crippen molar-refractivity contribution in [2.24, 2.45) is 0 Å². The van der Waals surface area contributed by atoms with E-state index in [1.54, 1.807) is 0 Å². The van der Waals surface area contributed by atoms with Crippen molar-refractivity contribution < 1.29 is 0 Å². The number of nitrogens with zero attached hydrogens (tertiary/aromatic N) is 2. The summed E-state index contributed by atoms with van der Waals surface area (Å²) >= 11 is 0. The Morgan fingerprint density at radius 1 is 0.308 bits per heavy atom. The average molecular weight is 661 g/mol. The molecular weight excluding hydrogens is 629 g/mol. The van der Waals surface area contributed by atoms with Gasteiger partial charge in [0.05, 0.1) is 16.6 Å². The molecule has 2 aromatic heterocycles. The molecule has 0 spiro atoms. The molecule has 0 unspecified atom stereocenters. The summed E-state index contributed by atoms with van der Waals surface area (Å²) < 4.78 is 4.74. The zero-order valence-electron chi connectivity index (χ0n) is 28.4. The van der Waals surface area contributed by atoms with Crippen LogP contribution in [0.25, 0.3) is 98.7 Å². The van der Waals surface area contributed by atoms with Gasteiger partial charge in [-0.3, -0.25) is 0 Å². The maximum absolute atomic E-state index is 2.42. The highest BCUT2D eigenvalue weighted by Crippen LogP contribution is 2.41. The first-order valence-electron chi connectivity index (χ1n) is 17.9. The topological polar surface area (TPSA) is 9.86 Å². The highest BCUT2D eigenvalue weighted by atomic mass is 15.0. The molecule has 11 aromatic rings. The van der Waals surface area contributed by atoms with E-state index in [4.69, 9.17) is 0 Å². The number of rotatable bonds is 4. The number of fused-ring (bicyclic) bond motifs is 11. The fourth-order valence-corrected chi connectivity index (χ4v) is 8.51. The number of benzene rings is 9. The van der Waals surface area contributed by atoms with E-state index in [-0.39, 0.29) is 0 Å². The lowest BCUT2D eigenvalue weighted by atomic mass is 9.90. The summed E-state index contributed by atoms with van der Waals surface area (Å²) in [5.74, 6) is 0. The van der Waals surface area contributed by atoms with E-state index in [0.717, 1.165) is 5.69 Å². The van der Waals surface area contributed by atoms with Crippen molar-refractivity contribution >= 4 is 65.0 Å². The van der Waals surface area contributed by atoms with Crippen molar-refractivity contribution in [1.82, 2.24) is 9.13 Å². The van der Waals surface area contributed by atoms with Crippen LogP contribution in [-0.2, 0) is 0 Å². The van der Waals surface area contributed by atoms with Gasteiger partial charge in [-0.15, -0.1) is 0 Å². The van der Waals surface area contributed by atoms with Gasteiger partial charge in [0.2, 0.25) is 0 Å². The summed E-state index contributed by atoms with van der Waals surface area (Å²) in [6.07, 6.45) is 2.19. The van der Waals surface area contributed by atoms with Crippen molar-refractivity contribution in [3.05, 3.63) is 194 Å². The normalized spacial score (nSPS) is 11.8. The first-order valence-corrected chi connectivity index (χ1v) is 17.9. The molecule has 0 bridgehead atoms. The first kappa shape index (κ1) is 28.9. The van der Waals surface area contributed by atoms with Crippen LogP contribution >= 0.6 is 0 Å². The fraction of sp³-hybridized carbons (Fsp3) is 0. The second-order valence-corrected chi connectivity index (χ2v) is 13.8. The van der Waals surface area contributed by atoms with E-state index < -0.39 is 0 Å². The Morgan fingerprint density at radius 3 is 1.52 bits per heavy atom. The maximum atomic E-state index is 2.42. The summed E-state index contributed by atoms with van der Waals surface area (Å²) in [7, 11) is 0. The van der Waals surface area contributed by atoms with Crippen molar-refractivity contribution in [3.8, 4) is 33.6 Å². The van der Waals surface area contributed by atoms with Gasteiger partial charge in [0.1, 0.15) is 0 Å². The molecule has 0 radical (unpaired) electrons. The van der Waals surface area contributed by atoms with Gasteiger partial charge in [0.25, 0.3) is 0 Å². The average Bonchev–Trinajstić information content (AvgIpc) is 3.81. The fourth-order valence-electron chi connectivity index (χ4n) is 8.51. The SMILES string of the molecule is c1ccc(-c2ccc3c4ccc(-c5ccc(-n6c7ccccc7c7c8c(ccc76)ccn8-c6ccccc6)cc5)cc4c4ccccc4c3c2)cc1. The molecule has 242 valence electrons. The Morgan fingerprint density at radius 2 is 0.846 bits per heavy atom. The van der Waals surface area contributed by atoms with Crippen LogP contribution in [0, 0.1) is 0 Å². The molecule has 9 aromatic carbocycles. The largest absolute Gasteiger partial charge is 0.316 e. The minimum atomic E-state index is 1.15. The lowest BCUT2D eigenvalue weighted by Crippen LogP contribution is -1.94. The number of para-hydroxylation sites is 2. The van der Waals surface area contributed by atoms with Crippen LogP contribution in [0.4, 0.5) is 0 Å². The highest BCUT2D eigenvalue weighted by Gasteiger charge is 2.18. The quantitative estimate of drug-likeness (QED) is 0.166. The molecule has 0 aliphatic carbocycles. The van der Waals surface area contributed by atoms with E-state index in [0.29, 0.717) is 0 Å². The Balaban J connectivity index is 1.05. The third-order valence-corrected chi connectivity index (χ3v) is 10.9. The van der Waals surface area contributed by atoms with Crippen LogP contribution < -0.4 is 0 Å². The smallest absolute Gasteiger partial charge is 0.0628 e. The molecule has 2 heteroatoms. The second kappa shape index (κ2) is 11.3. The van der Waals surface area contributed by atoms with E-state index in [2.05, 4.69) is 203 Å². The minimum Gasteiger partial charge on any atom is -0.316 e. The van der Waals surface area contributed by atoms with Crippen LogP contribution in [0.3, 0.4) is 0 Å². The number of hydrogen-bond donors (Lipinski definition) is 0. The van der Waals surface area contributed by atoms with E-state index >= 15 is 0 Å². The third kappa shape index (κ3) is 4.31. The van der Waals surface area contributed by atoms with Gasteiger partial charge in [-0.05, 0) is 109 Å². The van der Waals surface area contributed by atoms with Crippen LogP contribution in [-0.4, -0.2) is 9.13 Å². The molecule has 0 saturated carbocycles. The van der Waals surface area contributed by atoms with Crippen LogP contribution in [0.15, 0.2) is 194 Å². The second-order valence-electron chi connectivity index (χ2n) is 13.8. The molecular formula is C50H32N2. The molecule has 0 saturated heterocycles. The standard InChI is InChI=1S/C50H32N2/c1-3-11-33(12-4-1)36-21-26-42-43-27-22-37(32-46(43)41-16-8-7-15-40(41)45(42)31-36)34-19-24-39(25-20-34)52-47-18-10-9-17-44(47)49-48(52)28-23-35-29-30-51(50(35)49)38-13-5-2-6-14-38/h1-32H. The van der Waals surface area contributed by atoms with Crippen LogP contribution in [0.2, 0.25) is 0 Å². The lowest BCUT2D eigenvalue weighted by Gasteiger charge is -2.14. The number of hydrogen-bond acceptors (Lipinski definition) is 0. The number of aromatic nitrogens is 2. The molecule has 0 N–H and O–H groups in total. The molecule has 0 aliphatic heterocycles. The van der Waals surface area contributed by atoms with E-state index in [9.17, 15) is 0 Å². The third-order valence-electron chi connectivity index (χ3n) is 10.9. The predicted molar refractivity (Wildman–Crippen MR) is 221 cm³/mol. The highest BCUT2D eigenvalue weighted by molar-refractivity contribution is 6.26. The zero-order chi connectivity index (χ0) is 34.2. The van der Waals surface area contributed by atoms with Crippen molar-refractivity contribution in [2.75, 3.05) is 0 Å². The minimum absolute atomic E-state index is 1.15. The lowest BCUT2D eigenvalue weighted by molar-refractivity contribution is 1.13. The monoisotopic (exact) mass is 660 g/mol. The van der Waals surface area contributed by atoms with Crippen LogP contribution in [0.1, 0.15) is 0 Å². The Labute approximate surface area is 301 Å². The van der Waals surface area contributed by atoms with E-state index in [1.807, 2.05) is 0 Å². The van der Waals surface area contributed by atoms with Gasteiger partial charge in [-0.25, -0.2) is 0 Å². The Bertz CT molecular complexity index is 3130. The summed E-state index contributed by atoms with van der Waals surface area (Å²) in [5, 5.41) is 11.5. The van der Waals surface area contributed by atoms with Crippen molar-refractivity contribution in [3.63, 3.8) is 0 Å². The summed E-state index contributed by atoms with van der Waals surface area (Å²) in [6, 6.07) is 68.7. The zero-order valence-corrected chi connectivity index (χ0v) is 28.4. The Kier molecular flexibility index (Phi) is 6.28. The molecule has 0 atom stereocenters. The molecule has 0 fully saturated rings. The molecule has 0 amide bonds. The maximum Gasteiger partial charge on any atom is 0.0628 e. The van der Waals surface area contributed by atoms with Crippen molar-refractivity contribution in [1.29, 1.82) is 0 Å². The van der Waals surface area contributed by atoms with Gasteiger partial charge in [0, 0.05) is 33.7 Å². The molecule has 52 heavy (non-hydrogen) atoms. The summed E-state index contributed by atoms with van der Waals surface area (Å²) in [5.41, 5.74) is 10.9. The predicted octanol–water partition coefficient (Wildman–Crippen LogP) is 13.5. The van der Waals surface area contributed by atoms with Crippen LogP contribution in [0.5, 0.6) is 0 Å². The molecule has 2 nitrogen and oxygen atoms in total. The molecule has 11 rings (SSSR count). The van der Waals surface area contributed by atoms with Gasteiger partial charge >= 0.3 is 0 Å². The van der Waals surface area contributed by atoms with Gasteiger partial charge in [0.15, 0.2) is 0 Å². The van der Waals surface area contributed by atoms with Crippen molar-refractivity contribution in [2.45, 2.75) is 0 Å². The molecule has 0 aliphatic rings. The summed E-state index contributed by atoms with van der Waals surface area (Å²) in [4.78, 5) is 0. The first-order chi connectivity index (χ1) is 25.8. The van der Waals surface area contributed by atoms with Gasteiger partial charge < -0.3 is 9.13 Å².